The van der Waals surface area contributed by atoms with Gasteiger partial charge in [0.25, 0.3) is 0 Å². The van der Waals surface area contributed by atoms with Crippen LogP contribution in [0.4, 0.5) is 0 Å². The Morgan fingerprint density at radius 1 is 1.04 bits per heavy atom. The summed E-state index contributed by atoms with van der Waals surface area (Å²) < 4.78 is 10.6. The molecule has 23 heavy (non-hydrogen) atoms. The number of benzene rings is 2. The van der Waals surface area contributed by atoms with Crippen LogP contribution >= 0.6 is 11.6 Å². The Morgan fingerprint density at radius 3 is 2.35 bits per heavy atom. The summed E-state index contributed by atoms with van der Waals surface area (Å²) in [6.07, 6.45) is 1.09. The molecular weight excluding hydrogens is 316 g/mol. The van der Waals surface area contributed by atoms with Crippen LogP contribution in [-0.2, 0) is 11.2 Å². The third-order valence-corrected chi connectivity index (χ3v) is 3.53. The van der Waals surface area contributed by atoms with Crippen molar-refractivity contribution in [2.45, 2.75) is 19.8 Å². The minimum Gasteiger partial charge on any atom is -0.493 e. The van der Waals surface area contributed by atoms with Crippen molar-refractivity contribution < 1.29 is 19.1 Å². The van der Waals surface area contributed by atoms with Gasteiger partial charge in [-0.15, -0.1) is 0 Å². The first-order valence-corrected chi connectivity index (χ1v) is 7.51. The van der Waals surface area contributed by atoms with Gasteiger partial charge in [-0.3, -0.25) is 0 Å². The molecule has 0 aliphatic heterocycles. The van der Waals surface area contributed by atoms with Crippen LogP contribution in [0.2, 0.25) is 5.02 Å². The average molecular weight is 333 g/mol. The molecule has 2 aromatic rings. The van der Waals surface area contributed by atoms with Crippen molar-refractivity contribution in [3.05, 3.63) is 58.6 Å². The zero-order valence-electron chi connectivity index (χ0n) is 13.0. The number of rotatable bonds is 6. The molecule has 0 amide bonds. The van der Waals surface area contributed by atoms with Crippen molar-refractivity contribution in [3.63, 3.8) is 0 Å². The highest BCUT2D eigenvalue weighted by atomic mass is 35.5. The van der Waals surface area contributed by atoms with Gasteiger partial charge in [0, 0.05) is 11.4 Å². The first kappa shape index (κ1) is 17.0. The molecule has 0 aromatic heterocycles. The van der Waals surface area contributed by atoms with Crippen LogP contribution in [0.1, 0.15) is 29.3 Å². The van der Waals surface area contributed by atoms with E-state index >= 15 is 0 Å². The molecule has 4 nitrogen and oxygen atoms in total. The number of ether oxygens (including phenoxy) is 2. The SMILES string of the molecule is COc1cc(CCC(C)=O)ccc1OC(=O)c1ccc(Cl)cc1. The van der Waals surface area contributed by atoms with Gasteiger partial charge in [-0.2, -0.15) is 0 Å². The van der Waals surface area contributed by atoms with E-state index in [1.165, 1.54) is 7.11 Å². The van der Waals surface area contributed by atoms with E-state index in [1.807, 2.05) is 6.07 Å². The van der Waals surface area contributed by atoms with E-state index < -0.39 is 5.97 Å². The minimum absolute atomic E-state index is 0.127. The Morgan fingerprint density at radius 2 is 1.74 bits per heavy atom. The van der Waals surface area contributed by atoms with E-state index in [-0.39, 0.29) is 5.78 Å². The topological polar surface area (TPSA) is 52.6 Å². The molecular formula is C18H17ClO4. The lowest BCUT2D eigenvalue weighted by molar-refractivity contribution is -0.116. The summed E-state index contributed by atoms with van der Waals surface area (Å²) in [5.74, 6) is 0.422. The van der Waals surface area contributed by atoms with Gasteiger partial charge in [0.2, 0.25) is 0 Å². The van der Waals surface area contributed by atoms with Crippen molar-refractivity contribution in [2.24, 2.45) is 0 Å². The maximum atomic E-state index is 12.1. The summed E-state index contributed by atoms with van der Waals surface area (Å²) in [7, 11) is 1.50. The second-order valence-corrected chi connectivity index (χ2v) is 5.52. The summed E-state index contributed by atoms with van der Waals surface area (Å²) in [6, 6.07) is 11.7. The van der Waals surface area contributed by atoms with Gasteiger partial charge in [-0.05, 0) is 55.3 Å². The van der Waals surface area contributed by atoms with Crippen molar-refractivity contribution in [2.75, 3.05) is 7.11 Å². The predicted molar refractivity (Wildman–Crippen MR) is 88.4 cm³/mol. The summed E-state index contributed by atoms with van der Waals surface area (Å²) in [5, 5.41) is 0.550. The van der Waals surface area contributed by atoms with E-state index in [1.54, 1.807) is 43.3 Å². The number of carbonyl (C=O) groups excluding carboxylic acids is 2. The third-order valence-electron chi connectivity index (χ3n) is 3.28. The predicted octanol–water partition coefficient (Wildman–Crippen LogP) is 4.09. The van der Waals surface area contributed by atoms with Gasteiger partial charge in [-0.1, -0.05) is 17.7 Å². The van der Waals surface area contributed by atoms with Gasteiger partial charge < -0.3 is 14.3 Å². The van der Waals surface area contributed by atoms with Crippen LogP contribution < -0.4 is 9.47 Å². The Labute approximate surface area is 140 Å². The molecule has 5 heteroatoms. The first-order valence-electron chi connectivity index (χ1n) is 7.13. The molecule has 0 spiro atoms. The molecule has 2 rings (SSSR count). The van der Waals surface area contributed by atoms with Gasteiger partial charge in [-0.25, -0.2) is 4.79 Å². The quantitative estimate of drug-likeness (QED) is 0.590. The normalized spacial score (nSPS) is 10.2. The van der Waals surface area contributed by atoms with E-state index in [0.29, 0.717) is 34.9 Å². The molecule has 0 aliphatic rings. The smallest absolute Gasteiger partial charge is 0.343 e. The lowest BCUT2D eigenvalue weighted by Gasteiger charge is -2.11. The number of Topliss-reactive ketones (excluding diaryl/α,β-unsaturated/α-hetero) is 1. The van der Waals surface area contributed by atoms with Crippen molar-refractivity contribution in [3.8, 4) is 11.5 Å². The molecule has 0 fully saturated rings. The summed E-state index contributed by atoms with van der Waals surface area (Å²) >= 11 is 5.80. The minimum atomic E-state index is -0.489. The van der Waals surface area contributed by atoms with Crippen molar-refractivity contribution in [1.82, 2.24) is 0 Å². The lowest BCUT2D eigenvalue weighted by atomic mass is 10.1. The molecule has 0 bridgehead atoms. The van der Waals surface area contributed by atoms with Crippen LogP contribution in [0.15, 0.2) is 42.5 Å². The van der Waals surface area contributed by atoms with Crippen LogP contribution in [0, 0.1) is 0 Å². The number of hydrogen-bond acceptors (Lipinski definition) is 4. The summed E-state index contributed by atoms with van der Waals surface area (Å²) in [5.41, 5.74) is 1.35. The summed E-state index contributed by atoms with van der Waals surface area (Å²) in [4.78, 5) is 23.2. The second kappa shape index (κ2) is 7.79. The van der Waals surface area contributed by atoms with Crippen LogP contribution in [-0.4, -0.2) is 18.9 Å². The summed E-state index contributed by atoms with van der Waals surface area (Å²) in [6.45, 7) is 1.56. The van der Waals surface area contributed by atoms with Crippen LogP contribution in [0.25, 0.3) is 0 Å². The fourth-order valence-electron chi connectivity index (χ4n) is 2.02. The number of methoxy groups -OCH3 is 1. The maximum Gasteiger partial charge on any atom is 0.343 e. The van der Waals surface area contributed by atoms with Crippen LogP contribution in [0.5, 0.6) is 11.5 Å². The fourth-order valence-corrected chi connectivity index (χ4v) is 2.14. The highest BCUT2D eigenvalue weighted by Gasteiger charge is 2.13. The molecule has 0 saturated carbocycles. The van der Waals surface area contributed by atoms with Gasteiger partial charge in [0.05, 0.1) is 12.7 Å². The molecule has 0 radical (unpaired) electrons. The van der Waals surface area contributed by atoms with Crippen molar-refractivity contribution >= 4 is 23.4 Å². The molecule has 0 aliphatic carbocycles. The average Bonchev–Trinajstić information content (AvgIpc) is 2.54. The number of aryl methyl sites for hydroxylation is 1. The van der Waals surface area contributed by atoms with E-state index in [2.05, 4.69) is 0 Å². The van der Waals surface area contributed by atoms with Crippen LogP contribution in [0.3, 0.4) is 0 Å². The lowest BCUT2D eigenvalue weighted by Crippen LogP contribution is -2.09. The zero-order chi connectivity index (χ0) is 16.8. The number of halogens is 1. The molecule has 0 saturated heterocycles. The second-order valence-electron chi connectivity index (χ2n) is 5.08. The Kier molecular flexibility index (Phi) is 5.77. The number of ketones is 1. The van der Waals surface area contributed by atoms with E-state index in [0.717, 1.165) is 5.56 Å². The Hall–Kier alpha value is -2.33. The van der Waals surface area contributed by atoms with Crippen molar-refractivity contribution in [1.29, 1.82) is 0 Å². The Balaban J connectivity index is 2.14. The highest BCUT2D eigenvalue weighted by molar-refractivity contribution is 6.30. The molecule has 0 unspecified atom stereocenters. The molecule has 2 aromatic carbocycles. The van der Waals surface area contributed by atoms with Gasteiger partial charge >= 0.3 is 5.97 Å². The number of carbonyl (C=O) groups is 2. The molecule has 120 valence electrons. The van der Waals surface area contributed by atoms with Gasteiger partial charge in [0.15, 0.2) is 11.5 Å². The van der Waals surface area contributed by atoms with Gasteiger partial charge in [0.1, 0.15) is 5.78 Å². The monoisotopic (exact) mass is 332 g/mol. The highest BCUT2D eigenvalue weighted by Crippen LogP contribution is 2.29. The Bertz CT molecular complexity index is 707. The van der Waals surface area contributed by atoms with E-state index in [4.69, 9.17) is 21.1 Å². The largest absolute Gasteiger partial charge is 0.493 e. The number of hydrogen-bond donors (Lipinski definition) is 0. The molecule has 0 atom stereocenters. The number of esters is 1. The zero-order valence-corrected chi connectivity index (χ0v) is 13.7. The third kappa shape index (κ3) is 4.83. The molecule has 0 heterocycles. The first-order chi connectivity index (χ1) is 11.0. The standard InChI is InChI=1S/C18H17ClO4/c1-12(20)3-4-13-5-10-16(17(11-13)22-2)23-18(21)14-6-8-15(19)9-7-14/h5-11H,3-4H2,1-2H3. The maximum absolute atomic E-state index is 12.1. The fraction of sp³-hybridized carbons (Fsp3) is 0.222. The van der Waals surface area contributed by atoms with E-state index in [9.17, 15) is 9.59 Å². The molecule has 0 N–H and O–H groups in total.